The summed E-state index contributed by atoms with van der Waals surface area (Å²) in [6, 6.07) is 0. The number of ketones is 1. The van der Waals surface area contributed by atoms with Crippen LogP contribution in [0.4, 0.5) is 0 Å². The Labute approximate surface area is 215 Å². The third-order valence-corrected chi connectivity index (χ3v) is 11.2. The molecular formula is C29H48O7. The largest absolute Gasteiger partial charge is 0.390 e. The minimum Gasteiger partial charge on any atom is -0.390 e. The van der Waals surface area contributed by atoms with Gasteiger partial charge in [-0.05, 0) is 101 Å². The number of aliphatic hydroxyl groups is 6. The van der Waals surface area contributed by atoms with Crippen molar-refractivity contribution >= 4 is 5.78 Å². The Morgan fingerprint density at radius 1 is 1.06 bits per heavy atom. The van der Waals surface area contributed by atoms with Gasteiger partial charge in [0.2, 0.25) is 0 Å². The predicted molar refractivity (Wildman–Crippen MR) is 136 cm³/mol. The molecule has 11 unspecified atom stereocenters. The van der Waals surface area contributed by atoms with E-state index in [1.165, 1.54) is 0 Å². The van der Waals surface area contributed by atoms with Gasteiger partial charge in [0.15, 0.2) is 5.78 Å². The standard InChI is InChI=1S/C29H48O7/c1-7-16(14-25(2,3)34)24(33)28(6,35)23-9-11-29(36)18-12-20(30)19-13-21(31)22(32)15-26(19,4)17(18)8-10-27(23,29)5/h12,16-17,19,21-24,31-36H,7-11,13-15H2,1-6H3. The van der Waals surface area contributed by atoms with Crippen LogP contribution in [-0.2, 0) is 4.79 Å². The van der Waals surface area contributed by atoms with Crippen LogP contribution in [0.1, 0.15) is 92.9 Å². The van der Waals surface area contributed by atoms with E-state index in [4.69, 9.17) is 0 Å². The molecule has 0 saturated heterocycles. The second kappa shape index (κ2) is 8.85. The number of hydrogen-bond acceptors (Lipinski definition) is 7. The van der Waals surface area contributed by atoms with Gasteiger partial charge < -0.3 is 30.6 Å². The van der Waals surface area contributed by atoms with Crippen molar-refractivity contribution in [3.8, 4) is 0 Å². The molecule has 4 aliphatic carbocycles. The molecular weight excluding hydrogens is 460 g/mol. The molecule has 0 aromatic carbocycles. The molecule has 4 rings (SSSR count). The lowest BCUT2D eigenvalue weighted by molar-refractivity contribution is -0.185. The highest BCUT2D eigenvalue weighted by atomic mass is 16.3. The van der Waals surface area contributed by atoms with Crippen LogP contribution in [0.5, 0.6) is 0 Å². The van der Waals surface area contributed by atoms with Crippen LogP contribution in [0.2, 0.25) is 0 Å². The topological polar surface area (TPSA) is 138 Å². The van der Waals surface area contributed by atoms with Gasteiger partial charge in [0.25, 0.3) is 0 Å². The molecule has 6 N–H and O–H groups in total. The van der Waals surface area contributed by atoms with Crippen LogP contribution in [-0.4, -0.2) is 71.5 Å². The summed E-state index contributed by atoms with van der Waals surface area (Å²) in [5.41, 5.74) is -4.35. The molecule has 0 aromatic rings. The zero-order chi connectivity index (χ0) is 27.1. The highest BCUT2D eigenvalue weighted by molar-refractivity contribution is 5.95. The van der Waals surface area contributed by atoms with Gasteiger partial charge in [-0.3, -0.25) is 4.79 Å². The molecule has 0 spiro atoms. The van der Waals surface area contributed by atoms with E-state index < -0.39 is 51.9 Å². The normalized spacial score (nSPS) is 46.2. The summed E-state index contributed by atoms with van der Waals surface area (Å²) < 4.78 is 0. The van der Waals surface area contributed by atoms with Gasteiger partial charge in [-0.25, -0.2) is 0 Å². The molecule has 3 fully saturated rings. The molecule has 0 aliphatic heterocycles. The number of rotatable bonds is 6. The second-order valence-corrected chi connectivity index (χ2v) is 14.0. The number of carbonyl (C=O) groups excluding carboxylic acids is 1. The maximum absolute atomic E-state index is 13.3. The van der Waals surface area contributed by atoms with Gasteiger partial charge in [0, 0.05) is 11.3 Å². The Kier molecular flexibility index (Phi) is 6.93. The number of hydrogen-bond donors (Lipinski definition) is 6. The van der Waals surface area contributed by atoms with Gasteiger partial charge in [0.05, 0.1) is 35.1 Å². The lowest BCUT2D eigenvalue weighted by atomic mass is 9.45. The van der Waals surface area contributed by atoms with Gasteiger partial charge in [-0.2, -0.15) is 0 Å². The van der Waals surface area contributed by atoms with Crippen molar-refractivity contribution in [2.75, 3.05) is 0 Å². The molecule has 206 valence electrons. The highest BCUT2D eigenvalue weighted by Gasteiger charge is 2.69. The molecule has 0 amide bonds. The van der Waals surface area contributed by atoms with Crippen LogP contribution in [0.15, 0.2) is 11.6 Å². The molecule has 0 bridgehead atoms. The maximum atomic E-state index is 13.3. The van der Waals surface area contributed by atoms with Gasteiger partial charge >= 0.3 is 0 Å². The van der Waals surface area contributed by atoms with E-state index in [0.29, 0.717) is 50.5 Å². The van der Waals surface area contributed by atoms with Gasteiger partial charge in [-0.15, -0.1) is 0 Å². The first-order chi connectivity index (χ1) is 16.4. The fraction of sp³-hybridized carbons (Fsp3) is 0.897. The Bertz CT molecular complexity index is 906. The first-order valence-electron chi connectivity index (χ1n) is 13.9. The molecule has 36 heavy (non-hydrogen) atoms. The van der Waals surface area contributed by atoms with Crippen molar-refractivity contribution in [1.29, 1.82) is 0 Å². The van der Waals surface area contributed by atoms with Crippen molar-refractivity contribution in [3.05, 3.63) is 11.6 Å². The fourth-order valence-electron chi connectivity index (χ4n) is 9.11. The van der Waals surface area contributed by atoms with Gasteiger partial charge in [-0.1, -0.05) is 27.2 Å². The van der Waals surface area contributed by atoms with Crippen LogP contribution >= 0.6 is 0 Å². The summed E-state index contributed by atoms with van der Waals surface area (Å²) in [6.45, 7) is 11.0. The van der Waals surface area contributed by atoms with E-state index in [2.05, 4.69) is 0 Å². The highest BCUT2D eigenvalue weighted by Crippen LogP contribution is 2.68. The summed E-state index contributed by atoms with van der Waals surface area (Å²) in [6.07, 6.45) is 2.45. The number of carbonyl (C=O) groups is 1. The van der Waals surface area contributed by atoms with E-state index >= 15 is 0 Å². The Balaban J connectivity index is 1.69. The first kappa shape index (κ1) is 28.2. The number of fused-ring (bicyclic) bond motifs is 5. The summed E-state index contributed by atoms with van der Waals surface area (Å²) in [4.78, 5) is 13.3. The van der Waals surface area contributed by atoms with E-state index in [9.17, 15) is 35.4 Å². The summed E-state index contributed by atoms with van der Waals surface area (Å²) in [5.74, 6) is -1.28. The molecule has 4 aliphatic rings. The third-order valence-electron chi connectivity index (χ3n) is 11.2. The number of allylic oxidation sites excluding steroid dienone is 1. The van der Waals surface area contributed by atoms with Crippen LogP contribution in [0.3, 0.4) is 0 Å². The third kappa shape index (κ3) is 4.04. The van der Waals surface area contributed by atoms with Crippen molar-refractivity contribution in [1.82, 2.24) is 0 Å². The minimum atomic E-state index is -1.49. The molecule has 11 atom stereocenters. The van der Waals surface area contributed by atoms with E-state index in [0.717, 1.165) is 0 Å². The first-order valence-corrected chi connectivity index (χ1v) is 13.9. The van der Waals surface area contributed by atoms with E-state index in [1.807, 2.05) is 20.8 Å². The second-order valence-electron chi connectivity index (χ2n) is 14.0. The van der Waals surface area contributed by atoms with E-state index in [-0.39, 0.29) is 30.0 Å². The van der Waals surface area contributed by atoms with Crippen LogP contribution < -0.4 is 0 Å². The zero-order valence-corrected chi connectivity index (χ0v) is 22.9. The lowest BCUT2D eigenvalue weighted by Gasteiger charge is -2.61. The lowest BCUT2D eigenvalue weighted by Crippen LogP contribution is -2.63. The monoisotopic (exact) mass is 508 g/mol. The number of aliphatic hydroxyl groups excluding tert-OH is 3. The molecule has 0 heterocycles. The summed E-state index contributed by atoms with van der Waals surface area (Å²) in [7, 11) is 0. The smallest absolute Gasteiger partial charge is 0.159 e. The van der Waals surface area contributed by atoms with Crippen molar-refractivity contribution in [3.63, 3.8) is 0 Å². The molecule has 3 saturated carbocycles. The Morgan fingerprint density at radius 3 is 2.28 bits per heavy atom. The maximum Gasteiger partial charge on any atom is 0.159 e. The molecule has 7 heteroatoms. The van der Waals surface area contributed by atoms with Crippen molar-refractivity contribution in [2.24, 2.45) is 34.5 Å². The van der Waals surface area contributed by atoms with Crippen LogP contribution in [0.25, 0.3) is 0 Å². The fourth-order valence-corrected chi connectivity index (χ4v) is 9.11. The van der Waals surface area contributed by atoms with Crippen molar-refractivity contribution in [2.45, 2.75) is 128 Å². The van der Waals surface area contributed by atoms with Crippen LogP contribution in [0, 0.1) is 34.5 Å². The average molecular weight is 509 g/mol. The summed E-state index contributed by atoms with van der Waals surface area (Å²) in [5, 5.41) is 66.8. The molecule has 0 aromatic heterocycles. The SMILES string of the molecule is CCC(CC(C)(C)O)C(O)C(C)(O)C1CCC2(O)C3=CC(=O)C4CC(O)C(O)CC4(C)C3CCC12C. The summed E-state index contributed by atoms with van der Waals surface area (Å²) >= 11 is 0. The van der Waals surface area contributed by atoms with Gasteiger partial charge in [0.1, 0.15) is 0 Å². The quantitative estimate of drug-likeness (QED) is 0.324. The predicted octanol–water partition coefficient (Wildman–Crippen LogP) is 2.49. The Morgan fingerprint density at radius 2 is 1.69 bits per heavy atom. The van der Waals surface area contributed by atoms with E-state index in [1.54, 1.807) is 26.8 Å². The molecule has 7 nitrogen and oxygen atoms in total. The van der Waals surface area contributed by atoms with Crippen molar-refractivity contribution < 1.29 is 35.4 Å². The molecule has 0 radical (unpaired) electrons. The zero-order valence-electron chi connectivity index (χ0n) is 22.9. The minimum absolute atomic E-state index is 0.0902. The average Bonchev–Trinajstić information content (AvgIpc) is 3.05. The Hall–Kier alpha value is -0.830.